The molecule has 4 aromatic rings. The van der Waals surface area contributed by atoms with Crippen LogP contribution < -0.4 is 16.6 Å². The van der Waals surface area contributed by atoms with Gasteiger partial charge in [-0.1, -0.05) is 44.0 Å². The minimum absolute atomic E-state index is 0.296. The first-order valence-corrected chi connectivity index (χ1v) is 12.7. The van der Waals surface area contributed by atoms with E-state index in [1.54, 1.807) is 6.92 Å². The highest BCUT2D eigenvalue weighted by Gasteiger charge is 2.26. The molecule has 1 saturated carbocycles. The Labute approximate surface area is 211 Å². The van der Waals surface area contributed by atoms with E-state index >= 15 is 0 Å². The summed E-state index contributed by atoms with van der Waals surface area (Å²) in [5.74, 6) is 6.86. The minimum atomic E-state index is -0.621. The molecule has 0 spiro atoms. The van der Waals surface area contributed by atoms with Gasteiger partial charge in [-0.3, -0.25) is 9.99 Å². The fourth-order valence-electron chi connectivity index (χ4n) is 5.18. The van der Waals surface area contributed by atoms with Gasteiger partial charge < -0.3 is 15.4 Å². The van der Waals surface area contributed by atoms with Crippen molar-refractivity contribution in [3.05, 3.63) is 60.2 Å². The minimum Gasteiger partial charge on any atom is -0.398 e. The third kappa shape index (κ3) is 4.64. The van der Waals surface area contributed by atoms with Crippen molar-refractivity contribution in [3.8, 4) is 11.3 Å². The number of nitrogen functional groups attached to an aromatic ring is 1. The van der Waals surface area contributed by atoms with Crippen LogP contribution in [0.4, 0.5) is 11.6 Å². The number of hydrogen-bond donors (Lipinski definition) is 3. The van der Waals surface area contributed by atoms with Gasteiger partial charge in [-0.25, -0.2) is 15.8 Å². The third-order valence-corrected chi connectivity index (χ3v) is 7.20. The topological polar surface area (TPSA) is 132 Å². The third-order valence-electron chi connectivity index (χ3n) is 7.20. The van der Waals surface area contributed by atoms with Crippen LogP contribution in [-0.4, -0.2) is 41.8 Å². The largest absolute Gasteiger partial charge is 0.398 e. The number of hydrogen-bond acceptors (Lipinski definition) is 8. The van der Waals surface area contributed by atoms with E-state index < -0.39 is 6.10 Å². The van der Waals surface area contributed by atoms with E-state index in [0.29, 0.717) is 30.5 Å². The van der Waals surface area contributed by atoms with Crippen LogP contribution in [0.1, 0.15) is 63.3 Å². The van der Waals surface area contributed by atoms with E-state index in [2.05, 4.69) is 9.55 Å². The summed E-state index contributed by atoms with van der Waals surface area (Å²) in [5, 5.41) is 11.8. The molecule has 9 heteroatoms. The number of para-hydroxylation sites is 1. The predicted molar refractivity (Wildman–Crippen MR) is 142 cm³/mol. The maximum atomic E-state index is 10.3. The first-order chi connectivity index (χ1) is 17.5. The quantitative estimate of drug-likeness (QED) is 0.193. The van der Waals surface area contributed by atoms with Gasteiger partial charge in [0.25, 0.3) is 0 Å². The van der Waals surface area contributed by atoms with Crippen molar-refractivity contribution in [1.29, 1.82) is 0 Å². The summed E-state index contributed by atoms with van der Waals surface area (Å²) in [7, 11) is 0. The molecule has 188 valence electrons. The van der Waals surface area contributed by atoms with Crippen LogP contribution in [0, 0.1) is 0 Å². The molecule has 0 aliphatic heterocycles. The van der Waals surface area contributed by atoms with Gasteiger partial charge in [-0.2, -0.15) is 4.98 Å². The highest BCUT2D eigenvalue weighted by atomic mass is 16.3. The number of nitrogens with two attached hydrogens (primary N) is 2. The average molecular weight is 487 g/mol. The molecule has 3 heterocycles. The average Bonchev–Trinajstić information content (AvgIpc) is 3.55. The lowest BCUT2D eigenvalue weighted by molar-refractivity contribution is 0.155. The second-order valence-corrected chi connectivity index (χ2v) is 9.67. The zero-order chi connectivity index (χ0) is 25.2. The van der Waals surface area contributed by atoms with Gasteiger partial charge in [-0.15, -0.1) is 0 Å². The number of benzene rings is 1. The van der Waals surface area contributed by atoms with E-state index in [1.165, 1.54) is 17.9 Å². The van der Waals surface area contributed by atoms with Gasteiger partial charge in [0.2, 0.25) is 5.95 Å². The Morgan fingerprint density at radius 1 is 1.11 bits per heavy atom. The first-order valence-electron chi connectivity index (χ1n) is 12.7. The molecule has 2 atom stereocenters. The number of hydrazine groups is 1. The van der Waals surface area contributed by atoms with Crippen LogP contribution in [0.3, 0.4) is 0 Å². The fourth-order valence-corrected chi connectivity index (χ4v) is 5.18. The van der Waals surface area contributed by atoms with Crippen LogP contribution in [0.2, 0.25) is 0 Å². The lowest BCUT2D eigenvalue weighted by Crippen LogP contribution is -2.48. The number of pyridine rings is 1. The number of anilines is 2. The molecule has 36 heavy (non-hydrogen) atoms. The van der Waals surface area contributed by atoms with Crippen LogP contribution in [0.25, 0.3) is 22.4 Å². The van der Waals surface area contributed by atoms with Crippen molar-refractivity contribution in [3.63, 3.8) is 0 Å². The molecule has 1 fully saturated rings. The number of nitrogens with zero attached hydrogens (tertiary/aromatic N) is 6. The molecule has 0 amide bonds. The molecule has 0 radical (unpaired) electrons. The van der Waals surface area contributed by atoms with Crippen molar-refractivity contribution < 1.29 is 5.11 Å². The summed E-state index contributed by atoms with van der Waals surface area (Å²) in [5.41, 5.74) is 11.9. The Morgan fingerprint density at radius 2 is 1.89 bits per heavy atom. The van der Waals surface area contributed by atoms with Gasteiger partial charge in [0.1, 0.15) is 5.52 Å². The summed E-state index contributed by atoms with van der Waals surface area (Å²) in [6.07, 6.45) is 8.97. The predicted octanol–water partition coefficient (Wildman–Crippen LogP) is 4.02. The maximum Gasteiger partial charge on any atom is 0.242 e. The normalized spacial score (nSPS) is 15.9. The van der Waals surface area contributed by atoms with E-state index in [4.69, 9.17) is 26.5 Å². The second kappa shape index (κ2) is 10.2. The van der Waals surface area contributed by atoms with E-state index in [1.807, 2.05) is 55.8 Å². The Bertz CT molecular complexity index is 1330. The number of aliphatic hydroxyl groups is 1. The van der Waals surface area contributed by atoms with E-state index in [0.717, 1.165) is 46.5 Å². The standard InChI is InChI=1S/C27H34N8O/c1-3-24(17(2)36)35(29)27-32-23(25-26(33-27)34(16-31-25)19-8-4-5-9-19)14-18-12-13-22(30-15-18)20-10-6-7-11-21(20)28/h6-7,10-13,15-17,19,24,36H,3-5,8-9,14,28-29H2,1-2H3/t17-,24?/m1/s1. The Balaban J connectivity index is 1.53. The van der Waals surface area contributed by atoms with Crippen LogP contribution in [0.15, 0.2) is 48.9 Å². The molecule has 0 saturated heterocycles. The summed E-state index contributed by atoms with van der Waals surface area (Å²) in [6, 6.07) is 11.8. The molecule has 3 aromatic heterocycles. The molecule has 0 bridgehead atoms. The molecule has 9 nitrogen and oxygen atoms in total. The number of aromatic nitrogens is 5. The van der Waals surface area contributed by atoms with Crippen molar-refractivity contribution >= 4 is 22.8 Å². The Kier molecular flexibility index (Phi) is 6.84. The molecular weight excluding hydrogens is 452 g/mol. The lowest BCUT2D eigenvalue weighted by atomic mass is 10.1. The monoisotopic (exact) mass is 486 g/mol. The second-order valence-electron chi connectivity index (χ2n) is 9.67. The van der Waals surface area contributed by atoms with Crippen molar-refractivity contribution in [2.24, 2.45) is 5.84 Å². The Hall–Kier alpha value is -3.56. The first kappa shape index (κ1) is 24.1. The van der Waals surface area contributed by atoms with Crippen LogP contribution in [-0.2, 0) is 6.42 Å². The van der Waals surface area contributed by atoms with Crippen LogP contribution >= 0.6 is 0 Å². The van der Waals surface area contributed by atoms with Crippen molar-refractivity contribution in [1.82, 2.24) is 24.5 Å². The van der Waals surface area contributed by atoms with Gasteiger partial charge in [0.05, 0.1) is 29.9 Å². The lowest BCUT2D eigenvalue weighted by Gasteiger charge is -2.29. The maximum absolute atomic E-state index is 10.3. The van der Waals surface area contributed by atoms with E-state index in [9.17, 15) is 5.11 Å². The van der Waals surface area contributed by atoms with Gasteiger partial charge in [-0.05, 0) is 43.9 Å². The van der Waals surface area contributed by atoms with Crippen LogP contribution in [0.5, 0.6) is 0 Å². The number of aliphatic hydroxyl groups excluding tert-OH is 1. The van der Waals surface area contributed by atoms with Gasteiger partial charge in [0.15, 0.2) is 5.65 Å². The molecule has 1 aromatic carbocycles. The van der Waals surface area contributed by atoms with Gasteiger partial charge >= 0.3 is 0 Å². The summed E-state index contributed by atoms with van der Waals surface area (Å²) in [4.78, 5) is 19.1. The number of rotatable bonds is 8. The highest BCUT2D eigenvalue weighted by Crippen LogP contribution is 2.33. The molecule has 1 unspecified atom stereocenters. The summed E-state index contributed by atoms with van der Waals surface area (Å²) < 4.78 is 2.17. The zero-order valence-electron chi connectivity index (χ0n) is 20.9. The summed E-state index contributed by atoms with van der Waals surface area (Å²) >= 11 is 0. The molecule has 1 aliphatic rings. The zero-order valence-corrected chi connectivity index (χ0v) is 20.9. The van der Waals surface area contributed by atoms with Crippen molar-refractivity contribution in [2.75, 3.05) is 10.7 Å². The smallest absolute Gasteiger partial charge is 0.242 e. The SMILES string of the molecule is CCC([C@@H](C)O)N(N)c1nc(Cc2ccc(-c3ccccc3N)nc2)c2ncn(C3CCCC3)c2n1. The fraction of sp³-hybridized carbons (Fsp3) is 0.407. The molecule has 1 aliphatic carbocycles. The molecule has 5 rings (SSSR count). The molecule has 5 N–H and O–H groups in total. The number of imidazole rings is 1. The Morgan fingerprint density at radius 3 is 2.56 bits per heavy atom. The van der Waals surface area contributed by atoms with Crippen molar-refractivity contribution in [2.45, 2.75) is 70.6 Å². The van der Waals surface area contributed by atoms with Gasteiger partial charge in [0, 0.05) is 29.9 Å². The van der Waals surface area contributed by atoms with E-state index in [-0.39, 0.29) is 6.04 Å². The molecular formula is C27H34N8O. The summed E-state index contributed by atoms with van der Waals surface area (Å²) in [6.45, 7) is 3.73. The highest BCUT2D eigenvalue weighted by molar-refractivity contribution is 5.76. The number of fused-ring (bicyclic) bond motifs is 1.